The molecule has 0 N–H and O–H groups in total. The molecule has 0 atom stereocenters. The van der Waals surface area contributed by atoms with E-state index in [0.717, 1.165) is 29.9 Å². The molecule has 0 amide bonds. The molecule has 1 aromatic carbocycles. The number of ether oxygens (including phenoxy) is 1. The van der Waals surface area contributed by atoms with Crippen LogP contribution in [0.15, 0.2) is 12.1 Å². The maximum atomic E-state index is 8.76. The number of nitrogens with zero attached hydrogens (tertiary/aromatic N) is 1. The van der Waals surface area contributed by atoms with Crippen molar-refractivity contribution in [3.8, 4) is 11.8 Å². The first-order chi connectivity index (χ1) is 6.69. The Kier molecular flexibility index (Phi) is 3.53. The predicted octanol–water partition coefficient (Wildman–Crippen LogP) is 2.96. The minimum atomic E-state index is 0.698. The quantitative estimate of drug-likeness (QED) is 0.732. The van der Waals surface area contributed by atoms with Crippen molar-refractivity contribution in [2.75, 3.05) is 6.61 Å². The molecule has 0 aliphatic carbocycles. The van der Waals surface area contributed by atoms with Gasteiger partial charge in [-0.15, -0.1) is 0 Å². The molecular weight excluding hydrogens is 174 g/mol. The number of rotatable bonds is 3. The lowest BCUT2D eigenvalue weighted by Crippen LogP contribution is -1.99. The van der Waals surface area contributed by atoms with E-state index < -0.39 is 0 Å². The summed E-state index contributed by atoms with van der Waals surface area (Å²) >= 11 is 0. The molecule has 0 saturated heterocycles. The normalized spacial score (nSPS) is 9.57. The van der Waals surface area contributed by atoms with E-state index in [1.807, 2.05) is 26.0 Å². The fourth-order valence-corrected chi connectivity index (χ4v) is 1.45. The van der Waals surface area contributed by atoms with E-state index in [-0.39, 0.29) is 0 Å². The van der Waals surface area contributed by atoms with Crippen LogP contribution in [-0.4, -0.2) is 6.61 Å². The van der Waals surface area contributed by atoms with Gasteiger partial charge in [0.2, 0.25) is 0 Å². The van der Waals surface area contributed by atoms with Gasteiger partial charge in [0.1, 0.15) is 5.75 Å². The Balaban J connectivity index is 3.01. The molecule has 14 heavy (non-hydrogen) atoms. The van der Waals surface area contributed by atoms with E-state index in [1.54, 1.807) is 0 Å². The zero-order chi connectivity index (χ0) is 10.6. The zero-order valence-electron chi connectivity index (χ0n) is 8.92. The second kappa shape index (κ2) is 4.66. The van der Waals surface area contributed by atoms with Crippen LogP contribution in [-0.2, 0) is 0 Å². The molecule has 0 heterocycles. The first-order valence-corrected chi connectivity index (χ1v) is 4.83. The Morgan fingerprint density at radius 2 is 1.86 bits per heavy atom. The molecule has 1 aromatic rings. The van der Waals surface area contributed by atoms with Crippen LogP contribution in [0, 0.1) is 25.2 Å². The van der Waals surface area contributed by atoms with Gasteiger partial charge in [-0.25, -0.2) is 0 Å². The number of benzene rings is 1. The van der Waals surface area contributed by atoms with E-state index in [1.165, 1.54) is 0 Å². The van der Waals surface area contributed by atoms with Crippen molar-refractivity contribution >= 4 is 0 Å². The van der Waals surface area contributed by atoms with Crippen LogP contribution in [0.5, 0.6) is 5.75 Å². The summed E-state index contributed by atoms with van der Waals surface area (Å²) in [5, 5.41) is 8.76. The van der Waals surface area contributed by atoms with Crippen molar-refractivity contribution < 1.29 is 4.74 Å². The van der Waals surface area contributed by atoms with Crippen LogP contribution in [0.4, 0.5) is 0 Å². The van der Waals surface area contributed by atoms with Gasteiger partial charge in [0.25, 0.3) is 0 Å². The summed E-state index contributed by atoms with van der Waals surface area (Å²) in [6.07, 6.45) is 0.999. The molecule has 0 saturated carbocycles. The van der Waals surface area contributed by atoms with Crippen LogP contribution in [0.3, 0.4) is 0 Å². The third-order valence-corrected chi connectivity index (χ3v) is 2.04. The van der Waals surface area contributed by atoms with Gasteiger partial charge in [0.05, 0.1) is 18.2 Å². The Bertz CT molecular complexity index is 340. The van der Waals surface area contributed by atoms with Crippen LogP contribution < -0.4 is 4.74 Å². The van der Waals surface area contributed by atoms with Crippen molar-refractivity contribution in [2.24, 2.45) is 0 Å². The number of aryl methyl sites for hydroxylation is 2. The Labute approximate surface area is 85.1 Å². The second-order valence-corrected chi connectivity index (χ2v) is 3.40. The van der Waals surface area contributed by atoms with Gasteiger partial charge in [-0.2, -0.15) is 5.26 Å². The molecule has 1 rings (SSSR count). The van der Waals surface area contributed by atoms with Crippen LogP contribution in [0.2, 0.25) is 0 Å². The van der Waals surface area contributed by atoms with Gasteiger partial charge < -0.3 is 4.74 Å². The molecule has 0 unspecified atom stereocenters. The first-order valence-electron chi connectivity index (χ1n) is 4.83. The lowest BCUT2D eigenvalue weighted by atomic mass is 10.1. The van der Waals surface area contributed by atoms with E-state index in [4.69, 9.17) is 10.00 Å². The summed E-state index contributed by atoms with van der Waals surface area (Å²) in [4.78, 5) is 0. The Morgan fingerprint density at radius 1 is 1.29 bits per heavy atom. The van der Waals surface area contributed by atoms with Gasteiger partial charge >= 0.3 is 0 Å². The highest BCUT2D eigenvalue weighted by atomic mass is 16.5. The van der Waals surface area contributed by atoms with Crippen LogP contribution in [0.25, 0.3) is 0 Å². The number of hydrogen-bond acceptors (Lipinski definition) is 2. The van der Waals surface area contributed by atoms with Crippen molar-refractivity contribution in [3.05, 3.63) is 28.8 Å². The van der Waals surface area contributed by atoms with E-state index in [2.05, 4.69) is 13.0 Å². The number of hydrogen-bond donors (Lipinski definition) is 0. The molecule has 74 valence electrons. The van der Waals surface area contributed by atoms with Crippen molar-refractivity contribution in [1.82, 2.24) is 0 Å². The molecule has 0 bridgehead atoms. The standard InChI is InChI=1S/C12H15NO/c1-4-5-14-12-9(2)6-11(8-13)7-10(12)3/h6-7H,4-5H2,1-3H3. The fourth-order valence-electron chi connectivity index (χ4n) is 1.45. The average Bonchev–Trinajstić information content (AvgIpc) is 2.16. The van der Waals surface area contributed by atoms with Crippen molar-refractivity contribution in [1.29, 1.82) is 5.26 Å². The van der Waals surface area contributed by atoms with Crippen molar-refractivity contribution in [3.63, 3.8) is 0 Å². The number of nitriles is 1. The largest absolute Gasteiger partial charge is 0.493 e. The molecular formula is C12H15NO. The third-order valence-electron chi connectivity index (χ3n) is 2.04. The molecule has 2 nitrogen and oxygen atoms in total. The SMILES string of the molecule is CCCOc1c(C)cc(C#N)cc1C. The van der Waals surface area contributed by atoms with Gasteiger partial charge in [-0.05, 0) is 43.5 Å². The van der Waals surface area contributed by atoms with E-state index >= 15 is 0 Å². The van der Waals surface area contributed by atoms with Gasteiger partial charge in [-0.3, -0.25) is 0 Å². The van der Waals surface area contributed by atoms with Crippen molar-refractivity contribution in [2.45, 2.75) is 27.2 Å². The maximum Gasteiger partial charge on any atom is 0.125 e. The molecule has 0 aliphatic heterocycles. The highest BCUT2D eigenvalue weighted by Gasteiger charge is 2.05. The van der Waals surface area contributed by atoms with Gasteiger partial charge in [0.15, 0.2) is 0 Å². The lowest BCUT2D eigenvalue weighted by molar-refractivity contribution is 0.313. The smallest absolute Gasteiger partial charge is 0.125 e. The third kappa shape index (κ3) is 2.26. The van der Waals surface area contributed by atoms with Gasteiger partial charge in [-0.1, -0.05) is 6.92 Å². The monoisotopic (exact) mass is 189 g/mol. The van der Waals surface area contributed by atoms with Crippen LogP contribution >= 0.6 is 0 Å². The van der Waals surface area contributed by atoms with Gasteiger partial charge in [0, 0.05) is 0 Å². The Hall–Kier alpha value is -1.49. The average molecular weight is 189 g/mol. The minimum absolute atomic E-state index is 0.698. The molecule has 0 aliphatic rings. The fraction of sp³-hybridized carbons (Fsp3) is 0.417. The highest BCUT2D eigenvalue weighted by Crippen LogP contribution is 2.24. The zero-order valence-corrected chi connectivity index (χ0v) is 8.92. The summed E-state index contributed by atoms with van der Waals surface area (Å²) in [5.41, 5.74) is 2.77. The summed E-state index contributed by atoms with van der Waals surface area (Å²) < 4.78 is 5.61. The minimum Gasteiger partial charge on any atom is -0.493 e. The molecule has 0 spiro atoms. The molecule has 0 aromatic heterocycles. The lowest BCUT2D eigenvalue weighted by Gasteiger charge is -2.11. The van der Waals surface area contributed by atoms with Crippen LogP contribution in [0.1, 0.15) is 30.0 Å². The summed E-state index contributed by atoms with van der Waals surface area (Å²) in [6.45, 7) is 6.75. The Morgan fingerprint density at radius 3 is 2.29 bits per heavy atom. The maximum absolute atomic E-state index is 8.76. The second-order valence-electron chi connectivity index (χ2n) is 3.40. The molecule has 0 fully saturated rings. The topological polar surface area (TPSA) is 33.0 Å². The van der Waals surface area contributed by atoms with E-state index in [0.29, 0.717) is 5.56 Å². The highest BCUT2D eigenvalue weighted by molar-refractivity contribution is 5.47. The molecule has 0 radical (unpaired) electrons. The first kappa shape index (κ1) is 10.6. The molecule has 2 heteroatoms. The van der Waals surface area contributed by atoms with E-state index in [9.17, 15) is 0 Å². The predicted molar refractivity (Wildman–Crippen MR) is 56.4 cm³/mol. The summed E-state index contributed by atoms with van der Waals surface area (Å²) in [7, 11) is 0. The summed E-state index contributed by atoms with van der Waals surface area (Å²) in [6, 6.07) is 5.85. The summed E-state index contributed by atoms with van der Waals surface area (Å²) in [5.74, 6) is 0.922.